The summed E-state index contributed by atoms with van der Waals surface area (Å²) in [6.45, 7) is 2.42. The monoisotopic (exact) mass is 386 g/mol. The van der Waals surface area contributed by atoms with Gasteiger partial charge in [-0.3, -0.25) is 4.79 Å². The minimum Gasteiger partial charge on any atom is -0.493 e. The molecule has 4 rings (SSSR count). The van der Waals surface area contributed by atoms with Gasteiger partial charge in [-0.05, 0) is 43.3 Å². The molecule has 0 bridgehead atoms. The van der Waals surface area contributed by atoms with E-state index in [1.54, 1.807) is 48.5 Å². The molecule has 0 aromatic heterocycles. The van der Waals surface area contributed by atoms with Gasteiger partial charge in [0.15, 0.2) is 5.76 Å². The number of rotatable bonds is 5. The average molecular weight is 386 g/mol. The van der Waals surface area contributed by atoms with Crippen molar-refractivity contribution >= 4 is 17.8 Å². The molecule has 1 aliphatic heterocycles. The second kappa shape index (κ2) is 8.02. The minimum atomic E-state index is -0.476. The summed E-state index contributed by atoms with van der Waals surface area (Å²) in [5, 5.41) is 0. The molecule has 0 N–H and O–H groups in total. The fraction of sp³-hybridized carbons (Fsp3) is 0.0833. The summed E-state index contributed by atoms with van der Waals surface area (Å²) in [4.78, 5) is 24.9. The summed E-state index contributed by atoms with van der Waals surface area (Å²) in [5.41, 5.74) is 1.61. The lowest BCUT2D eigenvalue weighted by Crippen LogP contribution is -2.08. The zero-order chi connectivity index (χ0) is 20.2. The predicted octanol–water partition coefficient (Wildman–Crippen LogP) is 4.92. The molecule has 29 heavy (non-hydrogen) atoms. The van der Waals surface area contributed by atoms with Crippen LogP contribution in [0.15, 0.2) is 78.6 Å². The van der Waals surface area contributed by atoms with Crippen LogP contribution in [0.2, 0.25) is 0 Å². The number of hydrogen-bond acceptors (Lipinski definition) is 5. The topological polar surface area (TPSA) is 61.8 Å². The number of hydrogen-bond donors (Lipinski definition) is 0. The van der Waals surface area contributed by atoms with Crippen molar-refractivity contribution < 1.29 is 23.8 Å². The summed E-state index contributed by atoms with van der Waals surface area (Å²) >= 11 is 0. The Morgan fingerprint density at radius 3 is 2.55 bits per heavy atom. The maximum Gasteiger partial charge on any atom is 0.343 e. The molecule has 5 nitrogen and oxygen atoms in total. The van der Waals surface area contributed by atoms with Gasteiger partial charge in [0.25, 0.3) is 0 Å². The van der Waals surface area contributed by atoms with Crippen molar-refractivity contribution in [3.63, 3.8) is 0 Å². The van der Waals surface area contributed by atoms with Gasteiger partial charge in [0, 0.05) is 11.6 Å². The van der Waals surface area contributed by atoms with E-state index >= 15 is 0 Å². The number of Topliss-reactive ketones (excluding diaryl/α,β-unsaturated/α-hetero) is 1. The van der Waals surface area contributed by atoms with E-state index < -0.39 is 5.97 Å². The van der Waals surface area contributed by atoms with Crippen LogP contribution >= 0.6 is 0 Å². The zero-order valence-electron chi connectivity index (χ0n) is 15.8. The number of allylic oxidation sites excluding steroid dienone is 1. The molecule has 0 spiro atoms. The molecular weight excluding hydrogens is 368 g/mol. The van der Waals surface area contributed by atoms with Crippen LogP contribution in [0.1, 0.15) is 33.2 Å². The van der Waals surface area contributed by atoms with Gasteiger partial charge in [-0.15, -0.1) is 0 Å². The maximum absolute atomic E-state index is 12.7. The van der Waals surface area contributed by atoms with E-state index in [4.69, 9.17) is 14.2 Å². The summed E-state index contributed by atoms with van der Waals surface area (Å²) in [6.07, 6.45) is 1.66. The van der Waals surface area contributed by atoms with Gasteiger partial charge in [-0.2, -0.15) is 0 Å². The number of ether oxygens (including phenoxy) is 3. The molecule has 0 saturated heterocycles. The molecule has 0 aliphatic carbocycles. The third kappa shape index (κ3) is 3.89. The first-order valence-electron chi connectivity index (χ1n) is 9.23. The first-order chi connectivity index (χ1) is 14.2. The van der Waals surface area contributed by atoms with Crippen molar-refractivity contribution in [2.75, 3.05) is 6.61 Å². The van der Waals surface area contributed by atoms with Crippen LogP contribution in [-0.2, 0) is 0 Å². The standard InChI is InChI=1S/C24H18O5/c1-2-27-20-11-7-6-10-17(20)14-22-23(25)19-13-12-18(15-21(19)29-22)28-24(26)16-8-4-3-5-9-16/h3-15H,2H2,1H3. The van der Waals surface area contributed by atoms with E-state index in [9.17, 15) is 9.59 Å². The van der Waals surface area contributed by atoms with Gasteiger partial charge in [0.05, 0.1) is 17.7 Å². The molecule has 0 saturated carbocycles. The van der Waals surface area contributed by atoms with Crippen LogP contribution in [0.4, 0.5) is 0 Å². The molecule has 3 aromatic rings. The van der Waals surface area contributed by atoms with E-state index in [1.807, 2.05) is 37.3 Å². The Balaban J connectivity index is 1.57. The van der Waals surface area contributed by atoms with Gasteiger partial charge >= 0.3 is 5.97 Å². The molecule has 3 aromatic carbocycles. The first kappa shape index (κ1) is 18.5. The van der Waals surface area contributed by atoms with Gasteiger partial charge in [0.2, 0.25) is 5.78 Å². The maximum atomic E-state index is 12.7. The molecule has 1 heterocycles. The lowest BCUT2D eigenvalue weighted by atomic mass is 10.1. The van der Waals surface area contributed by atoms with Crippen LogP contribution < -0.4 is 14.2 Å². The Hall–Kier alpha value is -3.86. The van der Waals surface area contributed by atoms with Crippen molar-refractivity contribution in [1.29, 1.82) is 0 Å². The number of carbonyl (C=O) groups excluding carboxylic acids is 2. The van der Waals surface area contributed by atoms with Crippen molar-refractivity contribution in [2.24, 2.45) is 0 Å². The normalized spacial score (nSPS) is 13.7. The molecule has 0 amide bonds. The first-order valence-corrected chi connectivity index (χ1v) is 9.23. The highest BCUT2D eigenvalue weighted by atomic mass is 16.5. The lowest BCUT2D eigenvalue weighted by molar-refractivity contribution is 0.0734. The van der Waals surface area contributed by atoms with Gasteiger partial charge in [0.1, 0.15) is 17.2 Å². The number of carbonyl (C=O) groups is 2. The minimum absolute atomic E-state index is 0.193. The SMILES string of the molecule is CCOc1ccccc1C=C1Oc2cc(OC(=O)c3ccccc3)ccc2C1=O. The number of benzene rings is 3. The Labute approximate surface area is 168 Å². The van der Waals surface area contributed by atoms with Gasteiger partial charge in [-0.1, -0.05) is 36.4 Å². The molecule has 0 fully saturated rings. The summed E-state index contributed by atoms with van der Waals surface area (Å²) in [7, 11) is 0. The fourth-order valence-electron chi connectivity index (χ4n) is 3.00. The predicted molar refractivity (Wildman–Crippen MR) is 108 cm³/mol. The van der Waals surface area contributed by atoms with Crippen LogP contribution in [-0.4, -0.2) is 18.4 Å². The van der Waals surface area contributed by atoms with E-state index in [-0.39, 0.29) is 11.5 Å². The van der Waals surface area contributed by atoms with Crippen LogP contribution in [0, 0.1) is 0 Å². The van der Waals surface area contributed by atoms with Crippen molar-refractivity contribution in [2.45, 2.75) is 6.92 Å². The number of para-hydroxylation sites is 1. The summed E-state index contributed by atoms with van der Waals surface area (Å²) in [6, 6.07) is 20.8. The highest BCUT2D eigenvalue weighted by molar-refractivity contribution is 6.14. The molecule has 5 heteroatoms. The van der Waals surface area contributed by atoms with E-state index in [0.29, 0.717) is 35.0 Å². The Bertz CT molecular complexity index is 1100. The molecule has 0 atom stereocenters. The van der Waals surface area contributed by atoms with Crippen LogP contribution in [0.3, 0.4) is 0 Å². The number of ketones is 1. The Morgan fingerprint density at radius 2 is 1.76 bits per heavy atom. The largest absolute Gasteiger partial charge is 0.493 e. The average Bonchev–Trinajstić information content (AvgIpc) is 3.05. The third-order valence-electron chi connectivity index (χ3n) is 4.37. The third-order valence-corrected chi connectivity index (χ3v) is 4.37. The van der Waals surface area contributed by atoms with Crippen LogP contribution in [0.25, 0.3) is 6.08 Å². The molecular formula is C24H18O5. The fourth-order valence-corrected chi connectivity index (χ4v) is 3.00. The lowest BCUT2D eigenvalue weighted by Gasteiger charge is -2.07. The van der Waals surface area contributed by atoms with Crippen molar-refractivity contribution in [3.8, 4) is 17.2 Å². The van der Waals surface area contributed by atoms with E-state index in [0.717, 1.165) is 5.56 Å². The Morgan fingerprint density at radius 1 is 1.00 bits per heavy atom. The number of esters is 1. The molecule has 0 unspecified atom stereocenters. The van der Waals surface area contributed by atoms with Crippen LogP contribution in [0.5, 0.6) is 17.2 Å². The van der Waals surface area contributed by atoms with Crippen molar-refractivity contribution in [1.82, 2.24) is 0 Å². The number of fused-ring (bicyclic) bond motifs is 1. The summed E-state index contributed by atoms with van der Waals surface area (Å²) in [5.74, 6) is 0.824. The zero-order valence-corrected chi connectivity index (χ0v) is 15.8. The smallest absolute Gasteiger partial charge is 0.343 e. The van der Waals surface area contributed by atoms with Gasteiger partial charge < -0.3 is 14.2 Å². The molecule has 0 radical (unpaired) electrons. The molecule has 144 valence electrons. The highest BCUT2D eigenvalue weighted by Crippen LogP contribution is 2.36. The van der Waals surface area contributed by atoms with E-state index in [2.05, 4.69) is 0 Å². The highest BCUT2D eigenvalue weighted by Gasteiger charge is 2.28. The second-order valence-corrected chi connectivity index (χ2v) is 6.32. The molecule has 1 aliphatic rings. The quantitative estimate of drug-likeness (QED) is 0.354. The van der Waals surface area contributed by atoms with Gasteiger partial charge in [-0.25, -0.2) is 4.79 Å². The second-order valence-electron chi connectivity index (χ2n) is 6.32. The summed E-state index contributed by atoms with van der Waals surface area (Å²) < 4.78 is 16.7. The Kier molecular flexibility index (Phi) is 5.12. The van der Waals surface area contributed by atoms with E-state index in [1.165, 1.54) is 0 Å². The van der Waals surface area contributed by atoms with Crippen molar-refractivity contribution in [3.05, 3.63) is 95.2 Å².